The molecule has 1 aromatic heterocycles. The first kappa shape index (κ1) is 14.9. The first-order valence-corrected chi connectivity index (χ1v) is 8.36. The van der Waals surface area contributed by atoms with Gasteiger partial charge in [0.2, 0.25) is 0 Å². The minimum Gasteiger partial charge on any atom is -0.397 e. The van der Waals surface area contributed by atoms with E-state index in [-0.39, 0.29) is 5.91 Å². The van der Waals surface area contributed by atoms with Crippen molar-refractivity contribution >= 4 is 44.8 Å². The lowest BCUT2D eigenvalue weighted by Gasteiger charge is -2.03. The number of amides is 1. The van der Waals surface area contributed by atoms with Gasteiger partial charge in [0.15, 0.2) is 0 Å². The molecule has 2 aromatic rings. The molecule has 0 saturated carbocycles. The van der Waals surface area contributed by atoms with Gasteiger partial charge in [-0.1, -0.05) is 17.7 Å². The highest BCUT2D eigenvalue weighted by molar-refractivity contribution is 7.99. The molecule has 0 unspecified atom stereocenters. The summed E-state index contributed by atoms with van der Waals surface area (Å²) in [6.07, 6.45) is 1.86. The van der Waals surface area contributed by atoms with E-state index in [2.05, 4.69) is 11.9 Å². The third-order valence-corrected chi connectivity index (χ3v) is 5.01. The Morgan fingerprint density at radius 1 is 1.55 bits per heavy atom. The van der Waals surface area contributed by atoms with Crippen molar-refractivity contribution in [1.82, 2.24) is 5.32 Å². The largest absolute Gasteiger partial charge is 0.397 e. The average molecular weight is 306 g/mol. The fourth-order valence-electron chi connectivity index (χ4n) is 1.88. The molecule has 0 aliphatic rings. The smallest absolute Gasteiger partial charge is 0.263 e. The second kappa shape index (κ2) is 6.81. The van der Waals surface area contributed by atoms with Crippen LogP contribution in [0.15, 0.2) is 30.9 Å². The van der Waals surface area contributed by atoms with Crippen LogP contribution in [0.5, 0.6) is 0 Å². The maximum atomic E-state index is 12.1. The number of benzene rings is 1. The maximum Gasteiger partial charge on any atom is 0.263 e. The minimum absolute atomic E-state index is 0.0828. The van der Waals surface area contributed by atoms with Crippen LogP contribution in [-0.4, -0.2) is 24.0 Å². The summed E-state index contributed by atoms with van der Waals surface area (Å²) >= 11 is 3.19. The first-order valence-electron chi connectivity index (χ1n) is 6.39. The van der Waals surface area contributed by atoms with Gasteiger partial charge in [-0.25, -0.2) is 0 Å². The van der Waals surface area contributed by atoms with Crippen LogP contribution in [-0.2, 0) is 0 Å². The van der Waals surface area contributed by atoms with Gasteiger partial charge < -0.3 is 11.1 Å². The number of carbonyl (C=O) groups excluding carboxylic acids is 1. The number of thiophene rings is 1. The standard InChI is InChI=1S/C15H18N2OS2/c1-3-7-19-8-6-17-15(18)14-13(16)11-9-10(2)4-5-12(11)20-14/h3-5,9H,1,6-8,16H2,2H3,(H,17,18). The number of nitrogens with one attached hydrogen (secondary N) is 1. The van der Waals surface area contributed by atoms with E-state index in [4.69, 9.17) is 5.73 Å². The summed E-state index contributed by atoms with van der Waals surface area (Å²) in [5.41, 5.74) is 7.83. The molecule has 0 spiro atoms. The maximum absolute atomic E-state index is 12.1. The van der Waals surface area contributed by atoms with Gasteiger partial charge in [0.25, 0.3) is 5.91 Å². The zero-order valence-corrected chi connectivity index (χ0v) is 13.1. The average Bonchev–Trinajstić information content (AvgIpc) is 2.76. The molecule has 0 bridgehead atoms. The van der Waals surface area contributed by atoms with Gasteiger partial charge in [-0.2, -0.15) is 11.8 Å². The lowest BCUT2D eigenvalue weighted by Crippen LogP contribution is -2.25. The summed E-state index contributed by atoms with van der Waals surface area (Å²) in [5, 5.41) is 3.88. The summed E-state index contributed by atoms with van der Waals surface area (Å²) < 4.78 is 1.05. The number of thioether (sulfide) groups is 1. The first-order chi connectivity index (χ1) is 9.63. The van der Waals surface area contributed by atoms with E-state index in [0.29, 0.717) is 17.1 Å². The highest BCUT2D eigenvalue weighted by Crippen LogP contribution is 2.34. The number of anilines is 1. The molecular weight excluding hydrogens is 288 g/mol. The Balaban J connectivity index is 2.06. The summed E-state index contributed by atoms with van der Waals surface area (Å²) in [5.74, 6) is 1.70. The van der Waals surface area contributed by atoms with Crippen LogP contribution in [0.2, 0.25) is 0 Å². The second-order valence-corrected chi connectivity index (χ2v) is 6.67. The molecule has 0 atom stereocenters. The van der Waals surface area contributed by atoms with Crippen molar-refractivity contribution < 1.29 is 4.79 Å². The molecular formula is C15H18N2OS2. The van der Waals surface area contributed by atoms with Crippen molar-refractivity contribution in [3.8, 4) is 0 Å². The Labute approximate surface area is 127 Å². The molecule has 0 radical (unpaired) electrons. The Kier molecular flexibility index (Phi) is 5.09. The number of hydrogen-bond acceptors (Lipinski definition) is 4. The zero-order chi connectivity index (χ0) is 14.5. The number of fused-ring (bicyclic) bond motifs is 1. The van der Waals surface area contributed by atoms with Gasteiger partial charge in [0.05, 0.1) is 5.69 Å². The molecule has 2 rings (SSSR count). The molecule has 0 saturated heterocycles. The number of aryl methyl sites for hydroxylation is 1. The molecule has 106 valence electrons. The fourth-order valence-corrected chi connectivity index (χ4v) is 3.48. The number of rotatable bonds is 6. The van der Waals surface area contributed by atoms with E-state index in [9.17, 15) is 4.79 Å². The molecule has 1 aromatic carbocycles. The van der Waals surface area contributed by atoms with E-state index >= 15 is 0 Å². The Bertz CT molecular complexity index is 634. The van der Waals surface area contributed by atoms with Crippen LogP contribution in [0.25, 0.3) is 10.1 Å². The number of hydrogen-bond donors (Lipinski definition) is 2. The van der Waals surface area contributed by atoms with Gasteiger partial charge >= 0.3 is 0 Å². The topological polar surface area (TPSA) is 55.1 Å². The van der Waals surface area contributed by atoms with Crippen LogP contribution in [0, 0.1) is 6.92 Å². The molecule has 1 heterocycles. The highest BCUT2D eigenvalue weighted by Gasteiger charge is 2.15. The van der Waals surface area contributed by atoms with Crippen molar-refractivity contribution in [3.63, 3.8) is 0 Å². The summed E-state index contributed by atoms with van der Waals surface area (Å²) in [6.45, 7) is 6.32. The van der Waals surface area contributed by atoms with E-state index in [1.807, 2.05) is 31.2 Å². The molecule has 3 N–H and O–H groups in total. The number of carbonyl (C=O) groups is 1. The minimum atomic E-state index is -0.0828. The van der Waals surface area contributed by atoms with E-state index in [1.54, 1.807) is 11.8 Å². The summed E-state index contributed by atoms with van der Waals surface area (Å²) in [7, 11) is 0. The predicted octanol–water partition coefficient (Wildman–Crippen LogP) is 3.44. The van der Waals surface area contributed by atoms with Gasteiger partial charge in [-0.15, -0.1) is 17.9 Å². The van der Waals surface area contributed by atoms with E-state index in [0.717, 1.165) is 27.2 Å². The molecule has 0 aliphatic carbocycles. The molecule has 1 amide bonds. The fraction of sp³-hybridized carbons (Fsp3) is 0.267. The van der Waals surface area contributed by atoms with E-state index < -0.39 is 0 Å². The Morgan fingerprint density at radius 2 is 2.35 bits per heavy atom. The van der Waals surface area contributed by atoms with Crippen molar-refractivity contribution in [2.24, 2.45) is 0 Å². The van der Waals surface area contributed by atoms with Crippen LogP contribution in [0.3, 0.4) is 0 Å². The third-order valence-electron chi connectivity index (χ3n) is 2.86. The lowest BCUT2D eigenvalue weighted by atomic mass is 10.1. The van der Waals surface area contributed by atoms with Gasteiger partial charge in [-0.3, -0.25) is 4.79 Å². The van der Waals surface area contributed by atoms with Crippen molar-refractivity contribution in [3.05, 3.63) is 41.3 Å². The Hall–Kier alpha value is -1.46. The quantitative estimate of drug-likeness (QED) is 0.635. The van der Waals surface area contributed by atoms with Crippen molar-refractivity contribution in [2.75, 3.05) is 23.8 Å². The summed E-state index contributed by atoms with van der Waals surface area (Å²) in [4.78, 5) is 12.8. The predicted molar refractivity (Wildman–Crippen MR) is 90.8 cm³/mol. The van der Waals surface area contributed by atoms with Crippen LogP contribution in [0.1, 0.15) is 15.2 Å². The SMILES string of the molecule is C=CCSCCNC(=O)c1sc2ccc(C)cc2c1N. The molecule has 3 nitrogen and oxygen atoms in total. The van der Waals surface area contributed by atoms with Crippen molar-refractivity contribution in [2.45, 2.75) is 6.92 Å². The van der Waals surface area contributed by atoms with Gasteiger partial charge in [0.1, 0.15) is 4.88 Å². The molecule has 0 aliphatic heterocycles. The monoisotopic (exact) mass is 306 g/mol. The zero-order valence-electron chi connectivity index (χ0n) is 11.4. The lowest BCUT2D eigenvalue weighted by molar-refractivity contribution is 0.0961. The van der Waals surface area contributed by atoms with E-state index in [1.165, 1.54) is 11.3 Å². The van der Waals surface area contributed by atoms with Crippen LogP contribution in [0.4, 0.5) is 5.69 Å². The number of nitrogen functional groups attached to an aromatic ring is 1. The molecule has 20 heavy (non-hydrogen) atoms. The normalized spacial score (nSPS) is 10.7. The Morgan fingerprint density at radius 3 is 3.10 bits per heavy atom. The van der Waals surface area contributed by atoms with Crippen LogP contribution >= 0.6 is 23.1 Å². The van der Waals surface area contributed by atoms with Crippen molar-refractivity contribution in [1.29, 1.82) is 0 Å². The van der Waals surface area contributed by atoms with Crippen LogP contribution < -0.4 is 11.1 Å². The van der Waals surface area contributed by atoms with Gasteiger partial charge in [-0.05, 0) is 19.1 Å². The number of nitrogens with two attached hydrogens (primary N) is 1. The summed E-state index contributed by atoms with van der Waals surface area (Å²) in [6, 6.07) is 6.08. The third kappa shape index (κ3) is 3.35. The molecule has 0 fully saturated rings. The van der Waals surface area contributed by atoms with Gasteiger partial charge in [0, 0.05) is 28.1 Å². The second-order valence-electron chi connectivity index (χ2n) is 4.46. The highest BCUT2D eigenvalue weighted by atomic mass is 32.2. The molecule has 5 heteroatoms.